The van der Waals surface area contributed by atoms with E-state index in [2.05, 4.69) is 15.9 Å². The smallest absolute Gasteiger partial charge is 0.289 e. The Morgan fingerprint density at radius 3 is 2.94 bits per heavy atom. The molecule has 0 aromatic heterocycles. The van der Waals surface area contributed by atoms with Gasteiger partial charge in [-0.25, -0.2) is 0 Å². The van der Waals surface area contributed by atoms with Crippen LogP contribution in [0.15, 0.2) is 18.2 Å². The van der Waals surface area contributed by atoms with Gasteiger partial charge in [-0.05, 0) is 34.6 Å². The van der Waals surface area contributed by atoms with E-state index < -0.39 is 10.7 Å². The molecular formula is C11H12BrClN2OS. The van der Waals surface area contributed by atoms with Crippen LogP contribution in [0.1, 0.15) is 12.0 Å². The molecule has 0 saturated heterocycles. The van der Waals surface area contributed by atoms with Crippen LogP contribution >= 0.6 is 38.2 Å². The quantitative estimate of drug-likeness (QED) is 0.484. The van der Waals surface area contributed by atoms with Crippen molar-refractivity contribution in [2.24, 2.45) is 5.73 Å². The number of carbonyl (C=O) groups excluding carboxylic acids is 1. The van der Waals surface area contributed by atoms with Crippen LogP contribution in [0.5, 0.6) is 0 Å². The summed E-state index contributed by atoms with van der Waals surface area (Å²) in [6.45, 7) is 1.97. The maximum atomic E-state index is 11.5. The molecule has 0 spiro atoms. The Kier molecular flexibility index (Phi) is 3.80. The van der Waals surface area contributed by atoms with Crippen molar-refractivity contribution in [2.45, 2.75) is 18.3 Å². The zero-order valence-electron chi connectivity index (χ0n) is 9.19. The number of carbonyl (C=O) groups is 1. The molecule has 1 heterocycles. The SMILES string of the molecule is Cc1cccc(Cl)c1N1C(Br)CC=S1C(N)=O. The van der Waals surface area contributed by atoms with Gasteiger partial charge in [0.25, 0.3) is 5.24 Å². The lowest BCUT2D eigenvalue weighted by atomic mass is 10.2. The van der Waals surface area contributed by atoms with E-state index in [1.54, 1.807) is 0 Å². The number of nitrogens with zero attached hydrogens (tertiary/aromatic N) is 1. The third kappa shape index (κ3) is 2.37. The van der Waals surface area contributed by atoms with Crippen molar-refractivity contribution >= 4 is 54.5 Å². The van der Waals surface area contributed by atoms with Gasteiger partial charge in [0, 0.05) is 6.42 Å². The molecule has 0 aliphatic carbocycles. The minimum atomic E-state index is -0.703. The Hall–Kier alpha value is -0.520. The van der Waals surface area contributed by atoms with Gasteiger partial charge >= 0.3 is 0 Å². The number of alkyl halides is 1. The van der Waals surface area contributed by atoms with E-state index in [1.807, 2.05) is 34.8 Å². The predicted molar refractivity (Wildman–Crippen MR) is 79.2 cm³/mol. The molecule has 0 radical (unpaired) electrons. The van der Waals surface area contributed by atoms with E-state index >= 15 is 0 Å². The number of para-hydroxylation sites is 1. The Morgan fingerprint density at radius 1 is 1.65 bits per heavy atom. The Labute approximate surface area is 116 Å². The predicted octanol–water partition coefficient (Wildman–Crippen LogP) is 3.64. The zero-order chi connectivity index (χ0) is 12.6. The van der Waals surface area contributed by atoms with Gasteiger partial charge in [0.05, 0.1) is 15.7 Å². The number of hydrogen-bond donors (Lipinski definition) is 1. The molecule has 92 valence electrons. The summed E-state index contributed by atoms with van der Waals surface area (Å²) in [7, 11) is -0.703. The highest BCUT2D eigenvalue weighted by atomic mass is 79.9. The minimum Gasteiger partial charge on any atom is -0.360 e. The highest BCUT2D eigenvalue weighted by molar-refractivity contribution is 9.09. The van der Waals surface area contributed by atoms with Crippen molar-refractivity contribution in [3.63, 3.8) is 0 Å². The van der Waals surface area contributed by atoms with Gasteiger partial charge in [-0.2, -0.15) is 0 Å². The molecule has 0 saturated carbocycles. The van der Waals surface area contributed by atoms with Gasteiger partial charge in [0.15, 0.2) is 0 Å². The van der Waals surface area contributed by atoms with Gasteiger partial charge in [0.1, 0.15) is 0 Å². The van der Waals surface area contributed by atoms with Crippen LogP contribution in [0.25, 0.3) is 0 Å². The highest BCUT2D eigenvalue weighted by Crippen LogP contribution is 2.43. The van der Waals surface area contributed by atoms with Crippen molar-refractivity contribution < 1.29 is 4.79 Å². The molecule has 2 N–H and O–H groups in total. The maximum absolute atomic E-state index is 11.5. The molecule has 0 bridgehead atoms. The summed E-state index contributed by atoms with van der Waals surface area (Å²) in [6.07, 6.45) is 0.775. The normalized spacial score (nSPS) is 23.6. The molecule has 1 aromatic carbocycles. The first-order valence-electron chi connectivity index (χ1n) is 5.06. The third-order valence-corrected chi connectivity index (χ3v) is 5.67. The average Bonchev–Trinajstić information content (AvgIpc) is 2.61. The van der Waals surface area contributed by atoms with E-state index in [0.717, 1.165) is 17.7 Å². The Morgan fingerprint density at radius 2 is 2.35 bits per heavy atom. The first-order valence-corrected chi connectivity index (χ1v) is 7.60. The maximum Gasteiger partial charge on any atom is 0.289 e. The monoisotopic (exact) mass is 334 g/mol. The lowest BCUT2D eigenvalue weighted by Gasteiger charge is -2.27. The number of hydrogen-bond acceptors (Lipinski definition) is 2. The van der Waals surface area contributed by atoms with Crippen LogP contribution < -0.4 is 10.0 Å². The van der Waals surface area contributed by atoms with Crippen molar-refractivity contribution in [1.82, 2.24) is 0 Å². The summed E-state index contributed by atoms with van der Waals surface area (Å²) in [5, 5.41) is 2.25. The topological polar surface area (TPSA) is 46.3 Å². The van der Waals surface area contributed by atoms with Crippen LogP contribution in [0.3, 0.4) is 0 Å². The number of nitrogens with two attached hydrogens (primary N) is 1. The van der Waals surface area contributed by atoms with Gasteiger partial charge in [-0.15, -0.1) is 0 Å². The number of primary amides is 1. The van der Waals surface area contributed by atoms with Crippen LogP contribution in [0.2, 0.25) is 5.02 Å². The summed E-state index contributed by atoms with van der Waals surface area (Å²) in [6, 6.07) is 5.69. The van der Waals surface area contributed by atoms with Gasteiger partial charge in [-0.1, -0.05) is 39.7 Å². The van der Waals surface area contributed by atoms with Crippen LogP contribution in [0, 0.1) is 6.92 Å². The first kappa shape index (κ1) is 12.9. The van der Waals surface area contributed by atoms with Gasteiger partial charge in [-0.3, -0.25) is 9.10 Å². The fourth-order valence-corrected chi connectivity index (χ4v) is 4.99. The fourth-order valence-electron chi connectivity index (χ4n) is 1.79. The Balaban J connectivity index is 2.52. The molecule has 2 unspecified atom stereocenters. The largest absolute Gasteiger partial charge is 0.360 e. The van der Waals surface area contributed by atoms with Crippen molar-refractivity contribution in [3.8, 4) is 0 Å². The molecule has 1 amide bonds. The summed E-state index contributed by atoms with van der Waals surface area (Å²) < 4.78 is 1.96. The number of rotatable bonds is 1. The van der Waals surface area contributed by atoms with Crippen molar-refractivity contribution in [1.29, 1.82) is 0 Å². The van der Waals surface area contributed by atoms with Crippen LogP contribution in [0.4, 0.5) is 10.5 Å². The number of halogens is 2. The van der Waals surface area contributed by atoms with Crippen LogP contribution in [-0.2, 0) is 0 Å². The average molecular weight is 336 g/mol. The first-order chi connectivity index (χ1) is 8.02. The summed E-state index contributed by atoms with van der Waals surface area (Å²) >= 11 is 9.77. The van der Waals surface area contributed by atoms with Crippen molar-refractivity contribution in [3.05, 3.63) is 28.8 Å². The van der Waals surface area contributed by atoms with E-state index in [9.17, 15) is 4.79 Å². The number of anilines is 1. The molecule has 1 aliphatic heterocycles. The summed E-state index contributed by atoms with van der Waals surface area (Å²) in [4.78, 5) is 11.5. The third-order valence-electron chi connectivity index (χ3n) is 2.53. The molecule has 2 atom stereocenters. The van der Waals surface area contributed by atoms with Crippen LogP contribution in [-0.4, -0.2) is 15.6 Å². The van der Waals surface area contributed by atoms with Gasteiger partial charge in [0.2, 0.25) is 0 Å². The van der Waals surface area contributed by atoms with E-state index in [0.29, 0.717) is 5.02 Å². The fraction of sp³-hybridized carbons (Fsp3) is 0.273. The van der Waals surface area contributed by atoms with Gasteiger partial charge < -0.3 is 5.73 Å². The minimum absolute atomic E-state index is 0.0666. The lowest BCUT2D eigenvalue weighted by Crippen LogP contribution is -2.26. The molecule has 17 heavy (non-hydrogen) atoms. The molecule has 1 aromatic rings. The van der Waals surface area contributed by atoms with E-state index in [1.165, 1.54) is 0 Å². The highest BCUT2D eigenvalue weighted by Gasteiger charge is 2.29. The zero-order valence-corrected chi connectivity index (χ0v) is 12.3. The lowest BCUT2D eigenvalue weighted by molar-refractivity contribution is 0.267. The number of aryl methyl sites for hydroxylation is 1. The summed E-state index contributed by atoms with van der Waals surface area (Å²) in [5.74, 6) is 0. The second kappa shape index (κ2) is 5.00. The number of benzene rings is 1. The molecule has 6 heteroatoms. The summed E-state index contributed by atoms with van der Waals surface area (Å²) in [5.41, 5.74) is 7.34. The molecule has 3 nitrogen and oxygen atoms in total. The molecule has 1 aliphatic rings. The standard InChI is InChI=1S/C11H12BrClN2OS/c1-7-3-2-4-8(13)10(7)15-9(12)5-6-17(15)11(14)16/h2-4,6,9H,5H2,1H3,(H2,14,16). The van der Waals surface area contributed by atoms with E-state index in [4.69, 9.17) is 17.3 Å². The molecule has 2 rings (SSSR count). The van der Waals surface area contributed by atoms with E-state index in [-0.39, 0.29) is 10.2 Å². The second-order valence-corrected chi connectivity index (χ2v) is 6.92. The second-order valence-electron chi connectivity index (χ2n) is 3.70. The Bertz CT molecular complexity index is 486. The molecule has 0 fully saturated rings. The molecular weight excluding hydrogens is 324 g/mol. The number of amides is 1. The van der Waals surface area contributed by atoms with Crippen molar-refractivity contribution in [2.75, 3.05) is 4.31 Å².